The van der Waals surface area contributed by atoms with E-state index in [9.17, 15) is 22.8 Å². The zero-order chi connectivity index (χ0) is 21.3. The average molecular weight is 417 g/mol. The van der Waals surface area contributed by atoms with Gasteiger partial charge in [0.25, 0.3) is 15.6 Å². The monoisotopic (exact) mass is 417 g/mol. The lowest BCUT2D eigenvalue weighted by Crippen LogP contribution is -2.37. The zero-order valence-corrected chi connectivity index (χ0v) is 16.8. The number of aromatic nitrogens is 2. The highest BCUT2D eigenvalue weighted by Gasteiger charge is 2.18. The molecule has 0 spiro atoms. The molecule has 10 heteroatoms. The molecule has 0 aliphatic heterocycles. The van der Waals surface area contributed by atoms with E-state index in [0.29, 0.717) is 5.52 Å². The number of hydrogen-bond acceptors (Lipinski definition) is 6. The van der Waals surface area contributed by atoms with Crippen LogP contribution in [0.5, 0.6) is 0 Å². The number of nitrogens with zero attached hydrogens (tertiary/aromatic N) is 2. The number of nitrogens with one attached hydrogen (secondary N) is 1. The van der Waals surface area contributed by atoms with E-state index in [-0.39, 0.29) is 28.1 Å². The first-order chi connectivity index (χ1) is 13.7. The highest BCUT2D eigenvalue weighted by molar-refractivity contribution is 7.92. The fourth-order valence-corrected chi connectivity index (χ4v) is 3.96. The van der Waals surface area contributed by atoms with Gasteiger partial charge in [0.15, 0.2) is 0 Å². The van der Waals surface area contributed by atoms with Crippen LogP contribution in [0.2, 0.25) is 0 Å². The van der Waals surface area contributed by atoms with Crippen LogP contribution in [0.4, 0.5) is 5.69 Å². The number of carbonyl (C=O) groups is 1. The summed E-state index contributed by atoms with van der Waals surface area (Å²) in [6.07, 6.45) is 0. The van der Waals surface area contributed by atoms with Crippen molar-refractivity contribution in [1.82, 2.24) is 9.13 Å². The summed E-state index contributed by atoms with van der Waals surface area (Å²) in [5, 5.41) is 0.0951. The summed E-state index contributed by atoms with van der Waals surface area (Å²) < 4.78 is 35.1. The summed E-state index contributed by atoms with van der Waals surface area (Å²) in [6, 6.07) is 9.81. The standard InChI is InChI=1S/C19H19N3O6S/c1-4-28-18(24)12-6-5-7-13(10-12)20-29(26,27)14-8-9-16-15(11-14)17(23)22(3)19(25)21(16)2/h5-11,20H,4H2,1-3H3. The summed E-state index contributed by atoms with van der Waals surface area (Å²) in [6.45, 7) is 1.87. The molecule has 1 aromatic heterocycles. The molecule has 0 saturated carbocycles. The number of ether oxygens (including phenoxy) is 1. The number of anilines is 1. The van der Waals surface area contributed by atoms with Crippen LogP contribution in [-0.4, -0.2) is 30.1 Å². The van der Waals surface area contributed by atoms with Gasteiger partial charge in [0.1, 0.15) is 0 Å². The number of aryl methyl sites for hydroxylation is 1. The minimum Gasteiger partial charge on any atom is -0.462 e. The smallest absolute Gasteiger partial charge is 0.338 e. The molecule has 0 radical (unpaired) electrons. The van der Waals surface area contributed by atoms with Gasteiger partial charge in [-0.05, 0) is 43.3 Å². The fourth-order valence-electron chi connectivity index (χ4n) is 2.88. The molecule has 9 nitrogen and oxygen atoms in total. The quantitative estimate of drug-likeness (QED) is 0.624. The van der Waals surface area contributed by atoms with Gasteiger partial charge < -0.3 is 4.74 Å². The van der Waals surface area contributed by atoms with Crippen molar-refractivity contribution < 1.29 is 17.9 Å². The second-order valence-corrected chi connectivity index (χ2v) is 7.97. The molecular weight excluding hydrogens is 398 g/mol. The Labute approximate surface area is 166 Å². The van der Waals surface area contributed by atoms with Crippen molar-refractivity contribution in [3.63, 3.8) is 0 Å². The molecule has 2 aromatic carbocycles. The molecule has 1 heterocycles. The van der Waals surface area contributed by atoms with E-state index in [0.717, 1.165) is 4.57 Å². The highest BCUT2D eigenvalue weighted by atomic mass is 32.2. The Bertz CT molecular complexity index is 1340. The number of esters is 1. The third-order valence-electron chi connectivity index (χ3n) is 4.37. The largest absolute Gasteiger partial charge is 0.462 e. The van der Waals surface area contributed by atoms with Gasteiger partial charge in [-0.1, -0.05) is 6.07 Å². The van der Waals surface area contributed by atoms with Crippen LogP contribution >= 0.6 is 0 Å². The van der Waals surface area contributed by atoms with Gasteiger partial charge in [-0.15, -0.1) is 0 Å². The van der Waals surface area contributed by atoms with Gasteiger partial charge in [0.2, 0.25) is 0 Å². The molecule has 29 heavy (non-hydrogen) atoms. The normalized spacial score (nSPS) is 11.4. The minimum atomic E-state index is -4.05. The van der Waals surface area contributed by atoms with Crippen LogP contribution < -0.4 is 16.0 Å². The maximum atomic E-state index is 12.8. The molecule has 0 fully saturated rings. The first kappa shape index (κ1) is 20.3. The Hall–Kier alpha value is -3.40. The molecule has 3 aromatic rings. The maximum absolute atomic E-state index is 12.8. The SMILES string of the molecule is CCOC(=O)c1cccc(NS(=O)(=O)c2ccc3c(c2)c(=O)n(C)c(=O)n3C)c1. The lowest BCUT2D eigenvalue weighted by atomic mass is 10.2. The molecule has 0 aliphatic carbocycles. The van der Waals surface area contributed by atoms with Crippen LogP contribution in [0.15, 0.2) is 56.9 Å². The fraction of sp³-hybridized carbons (Fsp3) is 0.211. The topological polar surface area (TPSA) is 116 Å². The lowest BCUT2D eigenvalue weighted by Gasteiger charge is -2.11. The molecule has 3 rings (SSSR count). The Morgan fingerprint density at radius 1 is 1.07 bits per heavy atom. The van der Waals surface area contributed by atoms with E-state index >= 15 is 0 Å². The van der Waals surface area contributed by atoms with Crippen molar-refractivity contribution in [3.05, 3.63) is 68.9 Å². The van der Waals surface area contributed by atoms with Gasteiger partial charge in [-0.2, -0.15) is 0 Å². The van der Waals surface area contributed by atoms with E-state index in [1.54, 1.807) is 6.92 Å². The number of hydrogen-bond donors (Lipinski definition) is 1. The summed E-state index contributed by atoms with van der Waals surface area (Å²) in [7, 11) is -1.23. The van der Waals surface area contributed by atoms with Crippen molar-refractivity contribution in [2.24, 2.45) is 14.1 Å². The highest BCUT2D eigenvalue weighted by Crippen LogP contribution is 2.20. The molecule has 0 aliphatic rings. The molecule has 1 N–H and O–H groups in total. The van der Waals surface area contributed by atoms with Gasteiger partial charge in [-0.3, -0.25) is 18.7 Å². The molecule has 0 atom stereocenters. The van der Waals surface area contributed by atoms with E-state index in [1.165, 1.54) is 61.1 Å². The third-order valence-corrected chi connectivity index (χ3v) is 5.75. The Morgan fingerprint density at radius 2 is 1.79 bits per heavy atom. The Morgan fingerprint density at radius 3 is 2.48 bits per heavy atom. The molecular formula is C19H19N3O6S. The number of carbonyl (C=O) groups excluding carboxylic acids is 1. The summed E-state index contributed by atoms with van der Waals surface area (Å²) >= 11 is 0. The van der Waals surface area contributed by atoms with Crippen molar-refractivity contribution in [2.45, 2.75) is 11.8 Å². The van der Waals surface area contributed by atoms with E-state index < -0.39 is 27.2 Å². The zero-order valence-electron chi connectivity index (χ0n) is 16.0. The van der Waals surface area contributed by atoms with Gasteiger partial charge in [-0.25, -0.2) is 18.0 Å². The van der Waals surface area contributed by atoms with Gasteiger partial charge in [0, 0.05) is 19.8 Å². The second kappa shape index (κ2) is 7.55. The third kappa shape index (κ3) is 3.79. The summed E-state index contributed by atoms with van der Waals surface area (Å²) in [4.78, 5) is 36.1. The van der Waals surface area contributed by atoms with Crippen LogP contribution in [0.3, 0.4) is 0 Å². The van der Waals surface area contributed by atoms with Crippen LogP contribution in [0.1, 0.15) is 17.3 Å². The first-order valence-corrected chi connectivity index (χ1v) is 10.1. The van der Waals surface area contributed by atoms with Crippen molar-refractivity contribution in [3.8, 4) is 0 Å². The van der Waals surface area contributed by atoms with E-state index in [2.05, 4.69) is 4.72 Å². The van der Waals surface area contributed by atoms with Crippen molar-refractivity contribution >= 4 is 32.6 Å². The maximum Gasteiger partial charge on any atom is 0.338 e. The number of rotatable bonds is 5. The predicted molar refractivity (Wildman–Crippen MR) is 108 cm³/mol. The minimum absolute atomic E-state index is 0.0951. The van der Waals surface area contributed by atoms with Gasteiger partial charge in [0.05, 0.1) is 28.0 Å². The first-order valence-electron chi connectivity index (χ1n) is 8.65. The predicted octanol–water partition coefficient (Wildman–Crippen LogP) is 1.21. The van der Waals surface area contributed by atoms with E-state index in [4.69, 9.17) is 4.74 Å². The number of sulfonamides is 1. The molecule has 0 amide bonds. The molecule has 0 saturated heterocycles. The van der Waals surface area contributed by atoms with Gasteiger partial charge >= 0.3 is 11.7 Å². The van der Waals surface area contributed by atoms with Crippen LogP contribution in [0.25, 0.3) is 10.9 Å². The number of fused-ring (bicyclic) bond motifs is 1. The van der Waals surface area contributed by atoms with E-state index in [1.807, 2.05) is 0 Å². The molecule has 0 bridgehead atoms. The van der Waals surface area contributed by atoms with Crippen LogP contribution in [-0.2, 0) is 28.9 Å². The average Bonchev–Trinajstić information content (AvgIpc) is 2.70. The lowest BCUT2D eigenvalue weighted by molar-refractivity contribution is 0.0526. The molecule has 0 unspecified atom stereocenters. The Balaban J connectivity index is 2.04. The van der Waals surface area contributed by atoms with Crippen molar-refractivity contribution in [2.75, 3.05) is 11.3 Å². The second-order valence-electron chi connectivity index (χ2n) is 6.29. The summed E-state index contributed by atoms with van der Waals surface area (Å²) in [5.74, 6) is -0.566. The molecule has 152 valence electrons. The Kier molecular flexibility index (Phi) is 5.29. The van der Waals surface area contributed by atoms with Crippen molar-refractivity contribution in [1.29, 1.82) is 0 Å². The van der Waals surface area contributed by atoms with Crippen LogP contribution in [0, 0.1) is 0 Å². The summed E-state index contributed by atoms with van der Waals surface area (Å²) in [5.41, 5.74) is -0.406. The number of benzene rings is 2.